The van der Waals surface area contributed by atoms with Gasteiger partial charge in [0.15, 0.2) is 22.6 Å². The Bertz CT molecular complexity index is 1080. The highest BCUT2D eigenvalue weighted by atomic mass is 32.2. The van der Waals surface area contributed by atoms with Gasteiger partial charge in [0.05, 0.1) is 6.54 Å². The molecule has 146 valence electrons. The maximum Gasteiger partial charge on any atom is 0.254 e. The first-order valence-electron chi connectivity index (χ1n) is 8.63. The molecule has 10 heteroatoms. The van der Waals surface area contributed by atoms with Gasteiger partial charge in [-0.2, -0.15) is 5.10 Å². The summed E-state index contributed by atoms with van der Waals surface area (Å²) in [6.45, 7) is 0.788. The van der Waals surface area contributed by atoms with Gasteiger partial charge in [0.1, 0.15) is 5.69 Å². The van der Waals surface area contributed by atoms with Crippen LogP contribution in [0.4, 0.5) is 8.78 Å². The number of rotatable bonds is 3. The molecular formula is C18H18F2N6OS. The Hall–Kier alpha value is -2.75. The third kappa shape index (κ3) is 2.97. The Morgan fingerprint density at radius 1 is 1.18 bits per heavy atom. The number of aromatic nitrogens is 5. The molecule has 0 aliphatic carbocycles. The number of fused-ring (bicyclic) bond motifs is 1. The van der Waals surface area contributed by atoms with Crippen molar-refractivity contribution in [1.29, 1.82) is 0 Å². The first-order chi connectivity index (χ1) is 13.4. The van der Waals surface area contributed by atoms with Crippen molar-refractivity contribution in [3.63, 3.8) is 0 Å². The van der Waals surface area contributed by atoms with Crippen molar-refractivity contribution in [2.45, 2.75) is 18.1 Å². The van der Waals surface area contributed by atoms with Crippen LogP contribution in [0.3, 0.4) is 0 Å². The smallest absolute Gasteiger partial charge is 0.254 e. The number of halogens is 2. The van der Waals surface area contributed by atoms with Gasteiger partial charge in [-0.15, -0.1) is 10.2 Å². The molecule has 7 nitrogen and oxygen atoms in total. The molecule has 2 aromatic heterocycles. The first kappa shape index (κ1) is 18.6. The molecule has 4 rings (SSSR count). The lowest BCUT2D eigenvalue weighted by Crippen LogP contribution is -2.36. The van der Waals surface area contributed by atoms with E-state index in [2.05, 4.69) is 15.3 Å². The summed E-state index contributed by atoms with van der Waals surface area (Å²) in [7, 11) is 3.73. The highest BCUT2D eigenvalue weighted by Crippen LogP contribution is 2.30. The minimum Gasteiger partial charge on any atom is -0.334 e. The van der Waals surface area contributed by atoms with Crippen molar-refractivity contribution >= 4 is 17.7 Å². The zero-order chi connectivity index (χ0) is 20.0. The van der Waals surface area contributed by atoms with E-state index >= 15 is 0 Å². The number of aryl methyl sites for hydroxylation is 1. The normalized spacial score (nSPS) is 13.7. The van der Waals surface area contributed by atoms with E-state index in [4.69, 9.17) is 0 Å². The van der Waals surface area contributed by atoms with Crippen LogP contribution in [0.2, 0.25) is 0 Å². The van der Waals surface area contributed by atoms with E-state index in [9.17, 15) is 13.6 Å². The number of benzene rings is 1. The number of thioether (sulfide) groups is 1. The van der Waals surface area contributed by atoms with Crippen LogP contribution in [-0.4, -0.2) is 48.2 Å². The third-order valence-electron chi connectivity index (χ3n) is 4.93. The Kier molecular flexibility index (Phi) is 4.66. The maximum absolute atomic E-state index is 13.5. The molecule has 1 aliphatic rings. The second kappa shape index (κ2) is 7.01. The molecule has 0 radical (unpaired) electrons. The second-order valence-electron chi connectivity index (χ2n) is 6.57. The number of nitrogens with zero attached hydrogens (tertiary/aromatic N) is 6. The average Bonchev–Trinajstić information content (AvgIpc) is 3.22. The number of carbonyl (C=O) groups excluding carboxylic acids is 1. The summed E-state index contributed by atoms with van der Waals surface area (Å²) in [5, 5.41) is 13.8. The number of hydrogen-bond acceptors (Lipinski definition) is 5. The van der Waals surface area contributed by atoms with E-state index in [1.165, 1.54) is 17.8 Å². The Balaban J connectivity index is 1.69. The van der Waals surface area contributed by atoms with Gasteiger partial charge in [0, 0.05) is 43.9 Å². The summed E-state index contributed by atoms with van der Waals surface area (Å²) in [5.41, 5.74) is 2.72. The van der Waals surface area contributed by atoms with Crippen molar-refractivity contribution in [3.8, 4) is 11.5 Å². The Morgan fingerprint density at radius 2 is 1.96 bits per heavy atom. The van der Waals surface area contributed by atoms with Crippen LogP contribution in [-0.2, 0) is 27.1 Å². The zero-order valence-electron chi connectivity index (χ0n) is 15.6. The van der Waals surface area contributed by atoms with Gasteiger partial charge in [-0.05, 0) is 24.5 Å². The quantitative estimate of drug-likeness (QED) is 0.627. The van der Waals surface area contributed by atoms with Crippen LogP contribution in [0.1, 0.15) is 21.6 Å². The van der Waals surface area contributed by atoms with Gasteiger partial charge in [0.25, 0.3) is 5.91 Å². The molecule has 0 bridgehead atoms. The third-order valence-corrected chi connectivity index (χ3v) is 5.65. The maximum atomic E-state index is 13.5. The fraction of sp³-hybridized carbons (Fsp3) is 0.333. The lowest BCUT2D eigenvalue weighted by Gasteiger charge is -2.27. The van der Waals surface area contributed by atoms with E-state index in [0.29, 0.717) is 31.0 Å². The summed E-state index contributed by atoms with van der Waals surface area (Å²) < 4.78 is 30.4. The monoisotopic (exact) mass is 404 g/mol. The SMILES string of the molecule is CSc1nnc(-c2nn(C)c3c2CN(C(=O)c2ccc(F)c(F)c2)CC3)n1C. The molecule has 0 saturated heterocycles. The molecule has 1 aromatic carbocycles. The van der Waals surface area contributed by atoms with Crippen LogP contribution in [0.5, 0.6) is 0 Å². The second-order valence-corrected chi connectivity index (χ2v) is 7.35. The first-order valence-corrected chi connectivity index (χ1v) is 9.86. The van der Waals surface area contributed by atoms with Gasteiger partial charge < -0.3 is 9.47 Å². The fourth-order valence-corrected chi connectivity index (χ4v) is 3.94. The van der Waals surface area contributed by atoms with E-state index < -0.39 is 11.6 Å². The highest BCUT2D eigenvalue weighted by Gasteiger charge is 2.30. The summed E-state index contributed by atoms with van der Waals surface area (Å²) in [5.74, 6) is -1.72. The molecule has 3 heterocycles. The average molecular weight is 404 g/mol. The fourth-order valence-electron chi connectivity index (χ4n) is 3.46. The number of amides is 1. The molecular weight excluding hydrogens is 386 g/mol. The lowest BCUT2D eigenvalue weighted by molar-refractivity contribution is 0.0733. The minimum absolute atomic E-state index is 0.121. The van der Waals surface area contributed by atoms with E-state index in [1.807, 2.05) is 24.9 Å². The number of carbonyl (C=O) groups is 1. The predicted octanol–water partition coefficient (Wildman–Crippen LogP) is 2.41. The predicted molar refractivity (Wildman–Crippen MR) is 99.8 cm³/mol. The van der Waals surface area contributed by atoms with Gasteiger partial charge in [-0.25, -0.2) is 8.78 Å². The summed E-state index contributed by atoms with van der Waals surface area (Å²) in [4.78, 5) is 14.4. The van der Waals surface area contributed by atoms with Gasteiger partial charge in [-0.3, -0.25) is 9.48 Å². The largest absolute Gasteiger partial charge is 0.334 e. The molecule has 0 N–H and O–H groups in total. The molecule has 0 unspecified atom stereocenters. The lowest BCUT2D eigenvalue weighted by atomic mass is 10.0. The summed E-state index contributed by atoms with van der Waals surface area (Å²) in [6.07, 6.45) is 2.53. The molecule has 0 saturated carbocycles. The minimum atomic E-state index is -1.03. The van der Waals surface area contributed by atoms with Crippen LogP contribution in [0, 0.1) is 11.6 Å². The Labute approximate surface area is 164 Å². The van der Waals surface area contributed by atoms with Gasteiger partial charge >= 0.3 is 0 Å². The van der Waals surface area contributed by atoms with Gasteiger partial charge in [-0.1, -0.05) is 11.8 Å². The molecule has 1 amide bonds. The highest BCUT2D eigenvalue weighted by molar-refractivity contribution is 7.98. The van der Waals surface area contributed by atoms with Crippen molar-refractivity contribution in [3.05, 3.63) is 46.7 Å². The molecule has 28 heavy (non-hydrogen) atoms. The number of hydrogen-bond donors (Lipinski definition) is 0. The van der Waals surface area contributed by atoms with Crippen LogP contribution in [0.15, 0.2) is 23.4 Å². The topological polar surface area (TPSA) is 68.8 Å². The van der Waals surface area contributed by atoms with Crippen molar-refractivity contribution in [1.82, 2.24) is 29.4 Å². The zero-order valence-corrected chi connectivity index (χ0v) is 16.4. The van der Waals surface area contributed by atoms with Crippen LogP contribution in [0.25, 0.3) is 11.5 Å². The van der Waals surface area contributed by atoms with E-state index in [-0.39, 0.29) is 11.5 Å². The van der Waals surface area contributed by atoms with Crippen molar-refractivity contribution in [2.24, 2.45) is 14.1 Å². The molecule has 0 fully saturated rings. The van der Waals surface area contributed by atoms with Crippen molar-refractivity contribution < 1.29 is 13.6 Å². The van der Waals surface area contributed by atoms with Crippen molar-refractivity contribution in [2.75, 3.05) is 12.8 Å². The molecule has 0 atom stereocenters. The molecule has 1 aliphatic heterocycles. The van der Waals surface area contributed by atoms with Crippen LogP contribution >= 0.6 is 11.8 Å². The summed E-state index contributed by atoms with van der Waals surface area (Å²) >= 11 is 1.48. The molecule has 3 aromatic rings. The van der Waals surface area contributed by atoms with E-state index in [0.717, 1.165) is 28.5 Å². The van der Waals surface area contributed by atoms with E-state index in [1.54, 1.807) is 9.58 Å². The molecule has 0 spiro atoms. The van der Waals surface area contributed by atoms with Crippen LogP contribution < -0.4 is 0 Å². The Morgan fingerprint density at radius 3 is 2.64 bits per heavy atom. The summed E-state index contributed by atoms with van der Waals surface area (Å²) in [6, 6.07) is 3.20. The standard InChI is InChI=1S/C18H18F2N6OS/c1-24-16(21-22-18(24)28-3)15-11-9-26(7-6-14(11)25(2)23-15)17(27)10-4-5-12(19)13(20)8-10/h4-5,8H,6-7,9H2,1-3H3. The van der Waals surface area contributed by atoms with Gasteiger partial charge in [0.2, 0.25) is 0 Å².